The minimum absolute atomic E-state index is 1.15. The van der Waals surface area contributed by atoms with E-state index in [9.17, 15) is 0 Å². The predicted molar refractivity (Wildman–Crippen MR) is 190 cm³/mol. The van der Waals surface area contributed by atoms with Gasteiger partial charge < -0.3 is 4.57 Å². The third-order valence-electron chi connectivity index (χ3n) is 8.63. The average Bonchev–Trinajstić information content (AvgIpc) is 3.48. The Balaban J connectivity index is 1.35. The van der Waals surface area contributed by atoms with E-state index in [1.165, 1.54) is 66.7 Å². The molecule has 7 aromatic carbocycles. The van der Waals surface area contributed by atoms with Crippen LogP contribution in [0.5, 0.6) is 0 Å². The summed E-state index contributed by atoms with van der Waals surface area (Å²) >= 11 is 0. The molecule has 212 valence electrons. The van der Waals surface area contributed by atoms with E-state index in [2.05, 4.69) is 193 Å². The van der Waals surface area contributed by atoms with Crippen molar-refractivity contribution in [3.8, 4) is 61.5 Å². The lowest BCUT2D eigenvalue weighted by Gasteiger charge is -2.13. The molecule has 0 spiro atoms. The van der Waals surface area contributed by atoms with Crippen LogP contribution in [0, 0.1) is 0 Å². The van der Waals surface area contributed by atoms with Crippen molar-refractivity contribution in [3.05, 3.63) is 188 Å². The Hall–Kier alpha value is -5.92. The van der Waals surface area contributed by atoms with Crippen LogP contribution in [0.2, 0.25) is 0 Å². The summed E-state index contributed by atoms with van der Waals surface area (Å²) in [5.41, 5.74) is 14.5. The molecule has 0 N–H and O–H groups in total. The van der Waals surface area contributed by atoms with E-state index < -0.39 is 0 Å². The third kappa shape index (κ3) is 5.05. The minimum Gasteiger partial charge on any atom is -0.309 e. The molecular weight excluding hydrogens is 542 g/mol. The summed E-state index contributed by atoms with van der Waals surface area (Å²) in [4.78, 5) is 0. The van der Waals surface area contributed by atoms with Crippen LogP contribution in [0.3, 0.4) is 0 Å². The van der Waals surface area contributed by atoms with Crippen LogP contribution in [-0.4, -0.2) is 4.57 Å². The molecule has 0 saturated heterocycles. The lowest BCUT2D eigenvalue weighted by Crippen LogP contribution is -1.97. The first-order valence-electron chi connectivity index (χ1n) is 15.4. The predicted octanol–water partition coefficient (Wildman–Crippen LogP) is 12.0. The van der Waals surface area contributed by atoms with Crippen LogP contribution in [0.1, 0.15) is 0 Å². The van der Waals surface area contributed by atoms with Gasteiger partial charge >= 0.3 is 0 Å². The zero-order valence-corrected chi connectivity index (χ0v) is 24.8. The molecule has 0 amide bonds. The SMILES string of the molecule is c1ccc(-c2ccc(-c3ccc4c(c3)c(-c3ccc(-c5ccccc5)cc3)c(-c3ccccc3)n4-c3ccccc3)cc2)cc1. The molecule has 0 unspecified atom stereocenters. The highest BCUT2D eigenvalue weighted by atomic mass is 15.0. The zero-order chi connectivity index (χ0) is 30.0. The fourth-order valence-electron chi connectivity index (χ4n) is 6.42. The maximum Gasteiger partial charge on any atom is 0.0619 e. The number of para-hydroxylation sites is 1. The Bertz CT molecular complexity index is 2190. The summed E-state index contributed by atoms with van der Waals surface area (Å²) in [5.74, 6) is 0. The van der Waals surface area contributed by atoms with Crippen molar-refractivity contribution >= 4 is 10.9 Å². The number of rotatable bonds is 6. The molecule has 1 aromatic heterocycles. The fraction of sp³-hybridized carbons (Fsp3) is 0. The van der Waals surface area contributed by atoms with Gasteiger partial charge in [0.1, 0.15) is 0 Å². The second kappa shape index (κ2) is 11.6. The van der Waals surface area contributed by atoms with E-state index in [-0.39, 0.29) is 0 Å². The Labute approximate surface area is 264 Å². The van der Waals surface area contributed by atoms with Crippen LogP contribution in [-0.2, 0) is 0 Å². The Morgan fingerprint density at radius 2 is 0.667 bits per heavy atom. The van der Waals surface area contributed by atoms with Gasteiger partial charge in [-0.3, -0.25) is 0 Å². The van der Waals surface area contributed by atoms with Gasteiger partial charge in [-0.25, -0.2) is 0 Å². The molecule has 8 rings (SSSR count). The minimum atomic E-state index is 1.15. The lowest BCUT2D eigenvalue weighted by atomic mass is 9.94. The topological polar surface area (TPSA) is 4.93 Å². The van der Waals surface area contributed by atoms with Gasteiger partial charge in [-0.2, -0.15) is 0 Å². The molecule has 0 aliphatic heterocycles. The lowest BCUT2D eigenvalue weighted by molar-refractivity contribution is 1.13. The van der Waals surface area contributed by atoms with E-state index >= 15 is 0 Å². The molecule has 45 heavy (non-hydrogen) atoms. The van der Waals surface area contributed by atoms with Crippen LogP contribution in [0.25, 0.3) is 72.4 Å². The number of fused-ring (bicyclic) bond motifs is 1. The highest BCUT2D eigenvalue weighted by Gasteiger charge is 2.22. The second-order valence-corrected chi connectivity index (χ2v) is 11.4. The van der Waals surface area contributed by atoms with Gasteiger partial charge in [0, 0.05) is 16.6 Å². The van der Waals surface area contributed by atoms with Gasteiger partial charge in [0.25, 0.3) is 0 Å². The molecule has 0 atom stereocenters. The first-order valence-corrected chi connectivity index (χ1v) is 15.4. The first-order chi connectivity index (χ1) is 22.3. The molecule has 0 saturated carbocycles. The van der Waals surface area contributed by atoms with E-state index in [1.807, 2.05) is 0 Å². The first kappa shape index (κ1) is 26.7. The van der Waals surface area contributed by atoms with Gasteiger partial charge in [0.15, 0.2) is 0 Å². The Morgan fingerprint density at radius 3 is 1.18 bits per heavy atom. The van der Waals surface area contributed by atoms with Crippen molar-refractivity contribution in [1.29, 1.82) is 0 Å². The summed E-state index contributed by atoms with van der Waals surface area (Å²) < 4.78 is 2.42. The van der Waals surface area contributed by atoms with Gasteiger partial charge in [-0.15, -0.1) is 0 Å². The maximum atomic E-state index is 2.42. The molecule has 1 heterocycles. The summed E-state index contributed by atoms with van der Waals surface area (Å²) in [7, 11) is 0. The molecule has 0 aliphatic rings. The van der Waals surface area contributed by atoms with Gasteiger partial charge in [0.05, 0.1) is 11.2 Å². The second-order valence-electron chi connectivity index (χ2n) is 11.4. The Kier molecular flexibility index (Phi) is 6.90. The number of hydrogen-bond donors (Lipinski definition) is 0. The van der Waals surface area contributed by atoms with Crippen LogP contribution in [0.4, 0.5) is 0 Å². The van der Waals surface area contributed by atoms with Crippen molar-refractivity contribution < 1.29 is 0 Å². The maximum absolute atomic E-state index is 2.42. The van der Waals surface area contributed by atoms with Crippen LogP contribution in [0.15, 0.2) is 188 Å². The van der Waals surface area contributed by atoms with Crippen molar-refractivity contribution in [1.82, 2.24) is 4.57 Å². The van der Waals surface area contributed by atoms with Gasteiger partial charge in [0.2, 0.25) is 0 Å². The third-order valence-corrected chi connectivity index (χ3v) is 8.63. The number of hydrogen-bond acceptors (Lipinski definition) is 0. The quantitative estimate of drug-likeness (QED) is 0.186. The van der Waals surface area contributed by atoms with E-state index in [4.69, 9.17) is 0 Å². The standard InChI is InChI=1S/C44H31N/c1-5-13-32(14-6-1)34-21-23-36(24-22-34)39-29-30-42-41(31-39)43(37-27-25-35(26-28-37)33-15-7-2-8-16-33)44(38-17-9-3-10-18-38)45(42)40-19-11-4-12-20-40/h1-31H. The molecule has 1 heteroatoms. The van der Waals surface area contributed by atoms with E-state index in [1.54, 1.807) is 0 Å². The molecule has 8 aromatic rings. The van der Waals surface area contributed by atoms with Crippen LogP contribution < -0.4 is 0 Å². The monoisotopic (exact) mass is 573 g/mol. The smallest absolute Gasteiger partial charge is 0.0619 e. The Morgan fingerprint density at radius 1 is 0.289 bits per heavy atom. The van der Waals surface area contributed by atoms with E-state index in [0.29, 0.717) is 0 Å². The highest BCUT2D eigenvalue weighted by molar-refractivity contribution is 6.07. The summed E-state index contributed by atoms with van der Waals surface area (Å²) in [6, 6.07) is 67.6. The molecule has 0 fully saturated rings. The molecule has 0 aliphatic carbocycles. The number of benzene rings is 7. The summed E-state index contributed by atoms with van der Waals surface area (Å²) in [6.45, 7) is 0. The van der Waals surface area contributed by atoms with Crippen molar-refractivity contribution in [2.24, 2.45) is 0 Å². The van der Waals surface area contributed by atoms with Crippen molar-refractivity contribution in [2.45, 2.75) is 0 Å². The summed E-state index contributed by atoms with van der Waals surface area (Å²) in [5, 5.41) is 1.23. The molecule has 0 radical (unpaired) electrons. The average molecular weight is 574 g/mol. The summed E-state index contributed by atoms with van der Waals surface area (Å²) in [6.07, 6.45) is 0. The zero-order valence-electron chi connectivity index (χ0n) is 24.8. The van der Waals surface area contributed by atoms with Gasteiger partial charge in [-0.1, -0.05) is 164 Å². The molecular formula is C44H31N. The van der Waals surface area contributed by atoms with Crippen molar-refractivity contribution in [3.63, 3.8) is 0 Å². The van der Waals surface area contributed by atoms with Crippen LogP contribution >= 0.6 is 0 Å². The highest BCUT2D eigenvalue weighted by Crippen LogP contribution is 2.44. The normalized spacial score (nSPS) is 11.1. The number of nitrogens with zero attached hydrogens (tertiary/aromatic N) is 1. The van der Waals surface area contributed by atoms with Gasteiger partial charge in [-0.05, 0) is 68.8 Å². The largest absolute Gasteiger partial charge is 0.309 e. The molecule has 0 bridgehead atoms. The van der Waals surface area contributed by atoms with Crippen molar-refractivity contribution in [2.75, 3.05) is 0 Å². The fourth-order valence-corrected chi connectivity index (χ4v) is 6.42. The number of aromatic nitrogens is 1. The van der Waals surface area contributed by atoms with E-state index in [0.717, 1.165) is 5.69 Å². The molecule has 1 nitrogen and oxygen atoms in total.